The van der Waals surface area contributed by atoms with Gasteiger partial charge in [0.25, 0.3) is 0 Å². The Morgan fingerprint density at radius 1 is 1.10 bits per heavy atom. The number of nitrogens with zero attached hydrogens (tertiary/aromatic N) is 1. The summed E-state index contributed by atoms with van der Waals surface area (Å²) >= 11 is 1.67. The van der Waals surface area contributed by atoms with Crippen LogP contribution >= 0.6 is 11.3 Å². The first kappa shape index (κ1) is 21.1. The maximum Gasteiger partial charge on any atom is 0.407 e. The van der Waals surface area contributed by atoms with Crippen LogP contribution in [-0.4, -0.2) is 41.6 Å². The second-order valence-corrected chi connectivity index (χ2v) is 9.26. The highest BCUT2D eigenvalue weighted by Gasteiger charge is 2.24. The molecule has 0 aliphatic carbocycles. The molecule has 1 aliphatic rings. The van der Waals surface area contributed by atoms with Crippen molar-refractivity contribution < 1.29 is 14.3 Å². The minimum Gasteiger partial charge on any atom is -0.444 e. The molecule has 2 aromatic rings. The first-order valence-electron chi connectivity index (χ1n) is 9.92. The van der Waals surface area contributed by atoms with E-state index in [0.29, 0.717) is 13.1 Å². The zero-order valence-electron chi connectivity index (χ0n) is 17.2. The van der Waals surface area contributed by atoms with Crippen LogP contribution < -0.4 is 5.32 Å². The molecule has 0 saturated carbocycles. The number of carbonyl (C=O) groups is 2. The van der Waals surface area contributed by atoms with Crippen molar-refractivity contribution in [1.29, 1.82) is 0 Å². The van der Waals surface area contributed by atoms with Crippen molar-refractivity contribution in [1.82, 2.24) is 10.2 Å². The Labute approximate surface area is 176 Å². The van der Waals surface area contributed by atoms with Crippen LogP contribution in [0.15, 0.2) is 48.5 Å². The zero-order chi connectivity index (χ0) is 20.9. The molecule has 2 heterocycles. The Balaban J connectivity index is 1.47. The normalized spacial score (nSPS) is 15.5. The van der Waals surface area contributed by atoms with Crippen molar-refractivity contribution in [2.45, 2.75) is 45.3 Å². The van der Waals surface area contributed by atoms with Crippen LogP contribution in [-0.2, 0) is 9.53 Å². The summed E-state index contributed by atoms with van der Waals surface area (Å²) in [7, 11) is 0. The van der Waals surface area contributed by atoms with Gasteiger partial charge in [-0.1, -0.05) is 30.3 Å². The van der Waals surface area contributed by atoms with Crippen molar-refractivity contribution in [3.05, 3.63) is 53.4 Å². The van der Waals surface area contributed by atoms with Crippen LogP contribution in [0.25, 0.3) is 16.5 Å². The maximum atomic E-state index is 12.5. The van der Waals surface area contributed by atoms with Crippen molar-refractivity contribution in [3.63, 3.8) is 0 Å². The standard InChI is InChI=1S/C23H28N2O3S/c1-23(2,3)28-22(27)24-18-13-15-25(16-14-18)21(26)12-10-19-9-11-20(29-19)17-7-5-4-6-8-17/h4-12,18H,13-16H2,1-3H3,(H,24,27)/b12-10+. The van der Waals surface area contributed by atoms with Crippen LogP contribution in [0.2, 0.25) is 0 Å². The fraction of sp³-hybridized carbons (Fsp3) is 0.391. The average Bonchev–Trinajstić information content (AvgIpc) is 3.15. The molecule has 0 unspecified atom stereocenters. The lowest BCUT2D eigenvalue weighted by atomic mass is 10.1. The third-order valence-corrected chi connectivity index (χ3v) is 5.70. The Bertz CT molecular complexity index is 860. The Morgan fingerprint density at radius 2 is 1.79 bits per heavy atom. The fourth-order valence-electron chi connectivity index (χ4n) is 3.18. The van der Waals surface area contributed by atoms with Crippen molar-refractivity contribution >= 4 is 29.4 Å². The van der Waals surface area contributed by atoms with E-state index in [4.69, 9.17) is 4.74 Å². The molecule has 0 radical (unpaired) electrons. The number of benzene rings is 1. The van der Waals surface area contributed by atoms with E-state index >= 15 is 0 Å². The summed E-state index contributed by atoms with van der Waals surface area (Å²) in [6.45, 7) is 6.79. The minimum atomic E-state index is -0.506. The largest absolute Gasteiger partial charge is 0.444 e. The molecule has 3 rings (SSSR count). The van der Waals surface area contributed by atoms with E-state index in [-0.39, 0.29) is 11.9 Å². The second-order valence-electron chi connectivity index (χ2n) is 8.15. The number of carbonyl (C=O) groups excluding carboxylic acids is 2. The van der Waals surface area contributed by atoms with E-state index in [2.05, 4.69) is 23.5 Å². The monoisotopic (exact) mass is 412 g/mol. The number of alkyl carbamates (subject to hydrolysis) is 1. The minimum absolute atomic E-state index is 0.00961. The SMILES string of the molecule is CC(C)(C)OC(=O)NC1CCN(C(=O)/C=C/c2ccc(-c3ccccc3)s2)CC1. The van der Waals surface area contributed by atoms with Crippen LogP contribution in [0.1, 0.15) is 38.5 Å². The maximum absolute atomic E-state index is 12.5. The first-order valence-corrected chi connectivity index (χ1v) is 10.7. The number of hydrogen-bond acceptors (Lipinski definition) is 4. The van der Waals surface area contributed by atoms with E-state index in [9.17, 15) is 9.59 Å². The molecular weight excluding hydrogens is 384 g/mol. The molecule has 1 aromatic carbocycles. The molecule has 0 bridgehead atoms. The van der Waals surface area contributed by atoms with Gasteiger partial charge in [-0.2, -0.15) is 0 Å². The highest BCUT2D eigenvalue weighted by molar-refractivity contribution is 7.16. The van der Waals surface area contributed by atoms with E-state index in [1.165, 1.54) is 10.4 Å². The summed E-state index contributed by atoms with van der Waals surface area (Å²) < 4.78 is 5.30. The van der Waals surface area contributed by atoms with Crippen LogP contribution in [0, 0.1) is 0 Å². The molecule has 1 N–H and O–H groups in total. The van der Waals surface area contributed by atoms with Gasteiger partial charge >= 0.3 is 6.09 Å². The molecule has 0 atom stereocenters. The van der Waals surface area contributed by atoms with Crippen molar-refractivity contribution in [2.24, 2.45) is 0 Å². The van der Waals surface area contributed by atoms with Crippen molar-refractivity contribution in [3.8, 4) is 10.4 Å². The summed E-state index contributed by atoms with van der Waals surface area (Å²) in [6.07, 6.45) is 4.59. The van der Waals surface area contributed by atoms with Crippen LogP contribution in [0.5, 0.6) is 0 Å². The zero-order valence-corrected chi connectivity index (χ0v) is 18.0. The number of thiophene rings is 1. The molecule has 1 aliphatic heterocycles. The van der Waals surface area contributed by atoms with Gasteiger partial charge in [-0.15, -0.1) is 11.3 Å². The lowest BCUT2D eigenvalue weighted by Crippen LogP contribution is -2.47. The number of nitrogens with one attached hydrogen (secondary N) is 1. The second kappa shape index (κ2) is 9.27. The summed E-state index contributed by atoms with van der Waals surface area (Å²) in [4.78, 5) is 28.4. The average molecular weight is 413 g/mol. The molecular formula is C23H28N2O3S. The Hall–Kier alpha value is -2.60. The molecule has 5 nitrogen and oxygen atoms in total. The number of hydrogen-bond donors (Lipinski definition) is 1. The quantitative estimate of drug-likeness (QED) is 0.723. The van der Waals surface area contributed by atoms with E-state index in [1.807, 2.05) is 56.0 Å². The van der Waals surface area contributed by atoms with E-state index in [1.54, 1.807) is 17.4 Å². The van der Waals surface area contributed by atoms with Gasteiger partial charge in [0.05, 0.1) is 0 Å². The number of rotatable bonds is 4. The lowest BCUT2D eigenvalue weighted by molar-refractivity contribution is -0.127. The molecule has 1 fully saturated rings. The summed E-state index contributed by atoms with van der Waals surface area (Å²) in [5.41, 5.74) is 0.677. The van der Waals surface area contributed by atoms with Crippen LogP contribution in [0.4, 0.5) is 4.79 Å². The summed E-state index contributed by atoms with van der Waals surface area (Å²) in [5.74, 6) is 0.00961. The Morgan fingerprint density at radius 3 is 2.45 bits per heavy atom. The smallest absolute Gasteiger partial charge is 0.407 e. The third kappa shape index (κ3) is 6.46. The highest BCUT2D eigenvalue weighted by atomic mass is 32.1. The van der Waals surface area contributed by atoms with Crippen molar-refractivity contribution in [2.75, 3.05) is 13.1 Å². The number of piperidine rings is 1. The topological polar surface area (TPSA) is 58.6 Å². The molecule has 2 amide bonds. The molecule has 1 saturated heterocycles. The first-order chi connectivity index (χ1) is 13.8. The predicted octanol–water partition coefficient (Wildman–Crippen LogP) is 4.94. The van der Waals surface area contributed by atoms with Gasteiger partial charge < -0.3 is 15.0 Å². The highest BCUT2D eigenvalue weighted by Crippen LogP contribution is 2.28. The summed E-state index contributed by atoms with van der Waals surface area (Å²) in [6, 6.07) is 14.4. The summed E-state index contributed by atoms with van der Waals surface area (Å²) in [5, 5.41) is 2.90. The molecule has 1 aromatic heterocycles. The van der Waals surface area contributed by atoms with Crippen LogP contribution in [0.3, 0.4) is 0 Å². The van der Waals surface area contributed by atoms with Gasteiger partial charge in [-0.25, -0.2) is 4.79 Å². The van der Waals surface area contributed by atoms with E-state index in [0.717, 1.165) is 17.7 Å². The molecule has 6 heteroatoms. The van der Waals surface area contributed by atoms with Gasteiger partial charge in [0, 0.05) is 35.0 Å². The molecule has 29 heavy (non-hydrogen) atoms. The van der Waals surface area contributed by atoms with Gasteiger partial charge in [0.1, 0.15) is 5.60 Å². The van der Waals surface area contributed by atoms with Gasteiger partial charge in [-0.3, -0.25) is 4.79 Å². The van der Waals surface area contributed by atoms with Gasteiger partial charge in [0.15, 0.2) is 0 Å². The number of amides is 2. The fourth-order valence-corrected chi connectivity index (χ4v) is 4.09. The molecule has 154 valence electrons. The number of ether oxygens (including phenoxy) is 1. The predicted molar refractivity (Wildman–Crippen MR) is 118 cm³/mol. The lowest BCUT2D eigenvalue weighted by Gasteiger charge is -2.32. The van der Waals surface area contributed by atoms with Gasteiger partial charge in [-0.05, 0) is 57.4 Å². The van der Waals surface area contributed by atoms with E-state index < -0.39 is 11.7 Å². The third-order valence-electron chi connectivity index (χ3n) is 4.60. The number of likely N-dealkylation sites (tertiary alicyclic amines) is 1. The van der Waals surface area contributed by atoms with Gasteiger partial charge in [0.2, 0.25) is 5.91 Å². The molecule has 0 spiro atoms. The Kier molecular flexibility index (Phi) is 6.75.